The summed E-state index contributed by atoms with van der Waals surface area (Å²) in [5.74, 6) is 0.699. The first-order valence-electron chi connectivity index (χ1n) is 4.41. The molecule has 1 heterocycles. The summed E-state index contributed by atoms with van der Waals surface area (Å²) in [4.78, 5) is 0. The summed E-state index contributed by atoms with van der Waals surface area (Å²) in [5.41, 5.74) is 0. The quantitative estimate of drug-likeness (QED) is 0.764. The van der Waals surface area contributed by atoms with Gasteiger partial charge in [0.15, 0.2) is 0 Å². The highest BCUT2D eigenvalue weighted by Crippen LogP contribution is 2.36. The van der Waals surface area contributed by atoms with Crippen LogP contribution in [-0.4, -0.2) is 17.2 Å². The summed E-state index contributed by atoms with van der Waals surface area (Å²) in [6.45, 7) is 0. The summed E-state index contributed by atoms with van der Waals surface area (Å²) in [6.07, 6.45) is 5.33. The van der Waals surface area contributed by atoms with Gasteiger partial charge in [0.2, 0.25) is 5.13 Å². The maximum Gasteiger partial charge on any atom is 0.205 e. The minimum atomic E-state index is 0.699. The van der Waals surface area contributed by atoms with Crippen molar-refractivity contribution in [1.29, 1.82) is 0 Å². The predicted octanol–water partition coefficient (Wildman–Crippen LogP) is 2.24. The first-order chi connectivity index (χ1) is 5.90. The molecular weight excluding hydrogens is 170 g/mol. The predicted molar refractivity (Wildman–Crippen MR) is 50.7 cm³/mol. The standard InChI is InChI=1S/C8H13N3S/c1-9-8-11-10-7(12-8)6-4-2-3-5-6/h6H,2-5H2,1H3,(H,9,11). The highest BCUT2D eigenvalue weighted by molar-refractivity contribution is 7.15. The molecule has 66 valence electrons. The van der Waals surface area contributed by atoms with E-state index in [2.05, 4.69) is 15.5 Å². The maximum absolute atomic E-state index is 4.18. The minimum absolute atomic E-state index is 0.699. The third-order valence-corrected chi connectivity index (χ3v) is 3.46. The molecule has 1 aromatic rings. The lowest BCUT2D eigenvalue weighted by Crippen LogP contribution is -1.89. The fraction of sp³-hybridized carbons (Fsp3) is 0.750. The molecule has 0 aliphatic heterocycles. The second-order valence-electron chi connectivity index (χ2n) is 3.18. The number of nitrogens with zero attached hydrogens (tertiary/aromatic N) is 2. The van der Waals surface area contributed by atoms with E-state index in [0.717, 1.165) is 5.13 Å². The Labute approximate surface area is 76.2 Å². The highest BCUT2D eigenvalue weighted by Gasteiger charge is 2.20. The van der Waals surface area contributed by atoms with Crippen LogP contribution in [0, 0.1) is 0 Å². The number of hydrogen-bond donors (Lipinski definition) is 1. The fourth-order valence-electron chi connectivity index (χ4n) is 1.67. The molecule has 0 bridgehead atoms. The second-order valence-corrected chi connectivity index (χ2v) is 4.19. The van der Waals surface area contributed by atoms with Gasteiger partial charge in [0.1, 0.15) is 5.01 Å². The van der Waals surface area contributed by atoms with Crippen LogP contribution in [0.2, 0.25) is 0 Å². The lowest BCUT2D eigenvalue weighted by Gasteiger charge is -2.00. The van der Waals surface area contributed by atoms with Gasteiger partial charge in [0, 0.05) is 13.0 Å². The normalized spacial score (nSPS) is 18.4. The molecular formula is C8H13N3S. The third kappa shape index (κ3) is 1.43. The molecule has 0 amide bonds. The van der Waals surface area contributed by atoms with Gasteiger partial charge in [-0.2, -0.15) is 0 Å². The SMILES string of the molecule is CNc1nnc(C2CCCC2)s1. The van der Waals surface area contributed by atoms with Gasteiger partial charge in [-0.25, -0.2) is 0 Å². The molecule has 0 spiro atoms. The van der Waals surface area contributed by atoms with Crippen LogP contribution < -0.4 is 5.32 Å². The van der Waals surface area contributed by atoms with Crippen molar-refractivity contribution >= 4 is 16.5 Å². The Morgan fingerprint density at radius 1 is 1.33 bits per heavy atom. The van der Waals surface area contributed by atoms with Gasteiger partial charge in [0.05, 0.1) is 0 Å². The number of anilines is 1. The van der Waals surface area contributed by atoms with E-state index in [9.17, 15) is 0 Å². The molecule has 4 heteroatoms. The lowest BCUT2D eigenvalue weighted by atomic mass is 10.1. The zero-order chi connectivity index (χ0) is 8.39. The molecule has 1 saturated carbocycles. The summed E-state index contributed by atoms with van der Waals surface area (Å²) >= 11 is 1.70. The van der Waals surface area contributed by atoms with Crippen molar-refractivity contribution in [3.63, 3.8) is 0 Å². The smallest absolute Gasteiger partial charge is 0.205 e. The molecule has 0 saturated heterocycles. The summed E-state index contributed by atoms with van der Waals surface area (Å²) in [5, 5.41) is 13.4. The number of rotatable bonds is 2. The van der Waals surface area contributed by atoms with E-state index < -0.39 is 0 Å². The van der Waals surface area contributed by atoms with E-state index in [-0.39, 0.29) is 0 Å². The molecule has 3 nitrogen and oxygen atoms in total. The molecule has 0 radical (unpaired) electrons. The fourth-order valence-corrected chi connectivity index (χ4v) is 2.54. The first kappa shape index (κ1) is 7.98. The van der Waals surface area contributed by atoms with Crippen molar-refractivity contribution in [2.24, 2.45) is 0 Å². The number of nitrogens with one attached hydrogen (secondary N) is 1. The number of hydrogen-bond acceptors (Lipinski definition) is 4. The Kier molecular flexibility index (Phi) is 2.26. The first-order valence-corrected chi connectivity index (χ1v) is 5.23. The number of aromatic nitrogens is 2. The van der Waals surface area contributed by atoms with Gasteiger partial charge >= 0.3 is 0 Å². The highest BCUT2D eigenvalue weighted by atomic mass is 32.1. The van der Waals surface area contributed by atoms with Gasteiger partial charge in [-0.3, -0.25) is 0 Å². The van der Waals surface area contributed by atoms with Crippen LogP contribution in [0.25, 0.3) is 0 Å². The Hall–Kier alpha value is -0.640. The zero-order valence-electron chi connectivity index (χ0n) is 7.21. The average Bonchev–Trinajstić information content (AvgIpc) is 2.75. The molecule has 1 aliphatic carbocycles. The molecule has 1 aromatic heterocycles. The van der Waals surface area contributed by atoms with E-state index in [1.807, 2.05) is 7.05 Å². The van der Waals surface area contributed by atoms with Crippen molar-refractivity contribution in [2.45, 2.75) is 31.6 Å². The molecule has 0 atom stereocenters. The van der Waals surface area contributed by atoms with Gasteiger partial charge in [-0.1, -0.05) is 24.2 Å². The van der Waals surface area contributed by atoms with Crippen LogP contribution >= 0.6 is 11.3 Å². The van der Waals surface area contributed by atoms with Crippen molar-refractivity contribution < 1.29 is 0 Å². The lowest BCUT2D eigenvalue weighted by molar-refractivity contribution is 0.705. The van der Waals surface area contributed by atoms with Crippen LogP contribution in [0.1, 0.15) is 36.6 Å². The Morgan fingerprint density at radius 2 is 2.08 bits per heavy atom. The summed E-state index contributed by atoms with van der Waals surface area (Å²) in [7, 11) is 1.89. The average molecular weight is 183 g/mol. The molecule has 2 rings (SSSR count). The van der Waals surface area contributed by atoms with E-state index in [0.29, 0.717) is 5.92 Å². The van der Waals surface area contributed by atoms with Crippen molar-refractivity contribution in [1.82, 2.24) is 10.2 Å². The molecule has 0 aromatic carbocycles. The van der Waals surface area contributed by atoms with E-state index in [4.69, 9.17) is 0 Å². The van der Waals surface area contributed by atoms with Crippen LogP contribution in [0.15, 0.2) is 0 Å². The summed E-state index contributed by atoms with van der Waals surface area (Å²) < 4.78 is 0. The molecule has 1 aliphatic rings. The van der Waals surface area contributed by atoms with E-state index in [1.165, 1.54) is 30.7 Å². The Morgan fingerprint density at radius 3 is 2.67 bits per heavy atom. The maximum atomic E-state index is 4.18. The summed E-state index contributed by atoms with van der Waals surface area (Å²) in [6, 6.07) is 0. The molecule has 0 unspecified atom stereocenters. The van der Waals surface area contributed by atoms with Crippen LogP contribution in [0.4, 0.5) is 5.13 Å². The largest absolute Gasteiger partial charge is 0.363 e. The molecule has 1 fully saturated rings. The minimum Gasteiger partial charge on any atom is -0.363 e. The van der Waals surface area contributed by atoms with Crippen LogP contribution in [0.3, 0.4) is 0 Å². The Balaban J connectivity index is 2.11. The van der Waals surface area contributed by atoms with E-state index >= 15 is 0 Å². The molecule has 12 heavy (non-hydrogen) atoms. The van der Waals surface area contributed by atoms with Crippen molar-refractivity contribution in [2.75, 3.05) is 12.4 Å². The van der Waals surface area contributed by atoms with Crippen molar-refractivity contribution in [3.05, 3.63) is 5.01 Å². The monoisotopic (exact) mass is 183 g/mol. The zero-order valence-corrected chi connectivity index (χ0v) is 8.02. The van der Waals surface area contributed by atoms with E-state index in [1.54, 1.807) is 11.3 Å². The van der Waals surface area contributed by atoms with Crippen LogP contribution in [-0.2, 0) is 0 Å². The van der Waals surface area contributed by atoms with Crippen LogP contribution in [0.5, 0.6) is 0 Å². The second kappa shape index (κ2) is 3.39. The third-order valence-electron chi connectivity index (χ3n) is 2.36. The van der Waals surface area contributed by atoms with Crippen molar-refractivity contribution in [3.8, 4) is 0 Å². The van der Waals surface area contributed by atoms with Gasteiger partial charge in [0.25, 0.3) is 0 Å². The van der Waals surface area contributed by atoms with Gasteiger partial charge in [-0.05, 0) is 12.8 Å². The molecule has 1 N–H and O–H groups in total. The van der Waals surface area contributed by atoms with Gasteiger partial charge < -0.3 is 5.32 Å². The topological polar surface area (TPSA) is 37.8 Å². The van der Waals surface area contributed by atoms with Gasteiger partial charge in [-0.15, -0.1) is 10.2 Å². The Bertz CT molecular complexity index is 253.